The number of carbonyl (C=O) groups excluding carboxylic acids is 1. The van der Waals surface area contributed by atoms with E-state index in [0.29, 0.717) is 44.7 Å². The quantitative estimate of drug-likeness (QED) is 0.767. The average Bonchev–Trinajstić information content (AvgIpc) is 3.07. The lowest BCUT2D eigenvalue weighted by Crippen LogP contribution is -2.49. The zero-order chi connectivity index (χ0) is 15.6. The minimum atomic E-state index is -0.0550. The number of carbonyl (C=O) groups is 1. The van der Waals surface area contributed by atoms with E-state index in [9.17, 15) is 4.79 Å². The molecule has 1 aromatic rings. The summed E-state index contributed by atoms with van der Waals surface area (Å²) in [5.41, 5.74) is 0. The number of nitrogens with zero attached hydrogens (tertiary/aromatic N) is 4. The molecule has 0 N–H and O–H groups in total. The van der Waals surface area contributed by atoms with Crippen LogP contribution >= 0.6 is 0 Å². The summed E-state index contributed by atoms with van der Waals surface area (Å²) in [6, 6.07) is 1.82. The van der Waals surface area contributed by atoms with E-state index in [1.165, 1.54) is 0 Å². The highest BCUT2D eigenvalue weighted by Gasteiger charge is 2.45. The fourth-order valence-corrected chi connectivity index (χ4v) is 3.89. The number of ether oxygens (including phenoxy) is 2. The molecule has 0 aliphatic carbocycles. The lowest BCUT2D eigenvalue weighted by molar-refractivity contribution is -0.148. The molecular formula is C16H22N4O3. The predicted molar refractivity (Wildman–Crippen MR) is 82.9 cm³/mol. The van der Waals surface area contributed by atoms with Gasteiger partial charge in [-0.3, -0.25) is 4.79 Å². The van der Waals surface area contributed by atoms with Gasteiger partial charge in [-0.2, -0.15) is 0 Å². The number of rotatable bonds is 2. The third-order valence-electron chi connectivity index (χ3n) is 5.11. The third kappa shape index (κ3) is 2.90. The third-order valence-corrected chi connectivity index (χ3v) is 5.11. The number of morpholine rings is 1. The van der Waals surface area contributed by atoms with E-state index in [1.807, 2.05) is 11.0 Å². The fraction of sp³-hybridized carbons (Fsp3) is 0.688. The molecule has 4 heterocycles. The summed E-state index contributed by atoms with van der Waals surface area (Å²) in [5, 5.41) is 0. The molecule has 1 aromatic heterocycles. The number of amides is 1. The highest BCUT2D eigenvalue weighted by molar-refractivity contribution is 5.79. The topological polar surface area (TPSA) is 67.8 Å². The van der Waals surface area contributed by atoms with Crippen LogP contribution < -0.4 is 4.90 Å². The standard InChI is InChI=1S/C16H22N4O3/c21-15(19-4-6-22-7-5-19)14-11-23-10-12-8-20(9-13(12)14)16-17-2-1-3-18-16/h1-3,12-14H,4-11H2/t12-,13-,14+/m1/s1. The van der Waals surface area contributed by atoms with Gasteiger partial charge in [0.05, 0.1) is 32.3 Å². The van der Waals surface area contributed by atoms with Crippen LogP contribution in [0.15, 0.2) is 18.5 Å². The van der Waals surface area contributed by atoms with E-state index in [1.54, 1.807) is 12.4 Å². The summed E-state index contributed by atoms with van der Waals surface area (Å²) in [4.78, 5) is 25.7. The van der Waals surface area contributed by atoms with Crippen LogP contribution in [0.3, 0.4) is 0 Å². The molecule has 7 nitrogen and oxygen atoms in total. The first-order valence-corrected chi connectivity index (χ1v) is 8.29. The Morgan fingerprint density at radius 3 is 2.65 bits per heavy atom. The first-order chi connectivity index (χ1) is 11.3. The van der Waals surface area contributed by atoms with Crippen molar-refractivity contribution in [2.45, 2.75) is 0 Å². The molecule has 0 saturated carbocycles. The van der Waals surface area contributed by atoms with Crippen LogP contribution in [-0.4, -0.2) is 73.4 Å². The van der Waals surface area contributed by atoms with Gasteiger partial charge in [-0.1, -0.05) is 0 Å². The Balaban J connectivity index is 1.48. The van der Waals surface area contributed by atoms with Crippen molar-refractivity contribution in [3.63, 3.8) is 0 Å². The summed E-state index contributed by atoms with van der Waals surface area (Å²) in [6.45, 7) is 5.60. The number of hydrogen-bond donors (Lipinski definition) is 0. The maximum absolute atomic E-state index is 12.9. The van der Waals surface area contributed by atoms with Crippen molar-refractivity contribution in [1.82, 2.24) is 14.9 Å². The molecule has 1 amide bonds. The molecule has 0 unspecified atom stereocenters. The van der Waals surface area contributed by atoms with Crippen LogP contribution in [0.2, 0.25) is 0 Å². The zero-order valence-electron chi connectivity index (χ0n) is 13.1. The first kappa shape index (κ1) is 14.8. The molecule has 3 atom stereocenters. The van der Waals surface area contributed by atoms with E-state index in [4.69, 9.17) is 9.47 Å². The molecule has 3 fully saturated rings. The molecule has 0 radical (unpaired) electrons. The smallest absolute Gasteiger partial charge is 0.228 e. The molecule has 4 rings (SSSR count). The van der Waals surface area contributed by atoms with E-state index in [2.05, 4.69) is 14.9 Å². The highest BCUT2D eigenvalue weighted by Crippen LogP contribution is 2.36. The highest BCUT2D eigenvalue weighted by atomic mass is 16.5. The maximum Gasteiger partial charge on any atom is 0.228 e. The Labute approximate surface area is 135 Å². The van der Waals surface area contributed by atoms with Gasteiger partial charge < -0.3 is 19.3 Å². The van der Waals surface area contributed by atoms with Gasteiger partial charge in [-0.25, -0.2) is 9.97 Å². The second kappa shape index (κ2) is 6.41. The summed E-state index contributed by atoms with van der Waals surface area (Å²) in [7, 11) is 0. The Bertz CT molecular complexity index is 550. The molecule has 0 bridgehead atoms. The summed E-state index contributed by atoms with van der Waals surface area (Å²) in [6.07, 6.45) is 3.52. The van der Waals surface area contributed by atoms with Crippen LogP contribution in [-0.2, 0) is 14.3 Å². The van der Waals surface area contributed by atoms with Crippen molar-refractivity contribution in [2.75, 3.05) is 57.5 Å². The largest absolute Gasteiger partial charge is 0.380 e. The second-order valence-electron chi connectivity index (χ2n) is 6.46. The first-order valence-electron chi connectivity index (χ1n) is 8.29. The Hall–Kier alpha value is -1.73. The molecule has 3 aliphatic heterocycles. The van der Waals surface area contributed by atoms with E-state index < -0.39 is 0 Å². The van der Waals surface area contributed by atoms with E-state index >= 15 is 0 Å². The number of fused-ring (bicyclic) bond motifs is 1. The minimum absolute atomic E-state index is 0.0550. The van der Waals surface area contributed by atoms with Gasteiger partial charge in [0.1, 0.15) is 0 Å². The zero-order valence-corrected chi connectivity index (χ0v) is 13.1. The predicted octanol–water partition coefficient (Wildman–Crippen LogP) is 0.0342. The van der Waals surface area contributed by atoms with Gasteiger partial charge >= 0.3 is 0 Å². The molecule has 0 aromatic carbocycles. The van der Waals surface area contributed by atoms with Crippen LogP contribution in [0.5, 0.6) is 0 Å². The summed E-state index contributed by atoms with van der Waals surface area (Å²) in [5.74, 6) is 1.62. The van der Waals surface area contributed by atoms with Crippen molar-refractivity contribution in [2.24, 2.45) is 17.8 Å². The van der Waals surface area contributed by atoms with Crippen molar-refractivity contribution >= 4 is 11.9 Å². The van der Waals surface area contributed by atoms with Crippen molar-refractivity contribution in [3.8, 4) is 0 Å². The van der Waals surface area contributed by atoms with Crippen LogP contribution in [0.4, 0.5) is 5.95 Å². The van der Waals surface area contributed by atoms with Crippen molar-refractivity contribution < 1.29 is 14.3 Å². The maximum atomic E-state index is 12.9. The average molecular weight is 318 g/mol. The van der Waals surface area contributed by atoms with Crippen molar-refractivity contribution in [3.05, 3.63) is 18.5 Å². The molecule has 0 spiro atoms. The summed E-state index contributed by atoms with van der Waals surface area (Å²) >= 11 is 0. The SMILES string of the molecule is O=C([C@H]1COC[C@H]2CN(c3ncccn3)C[C@H]21)N1CCOCC1. The minimum Gasteiger partial charge on any atom is -0.380 e. The summed E-state index contributed by atoms with van der Waals surface area (Å²) < 4.78 is 11.1. The van der Waals surface area contributed by atoms with E-state index in [-0.39, 0.29) is 11.8 Å². The Kier molecular flexibility index (Phi) is 4.13. The van der Waals surface area contributed by atoms with Crippen LogP contribution in [0, 0.1) is 17.8 Å². The van der Waals surface area contributed by atoms with Gasteiger partial charge in [0, 0.05) is 44.5 Å². The lowest BCUT2D eigenvalue weighted by Gasteiger charge is -2.36. The molecule has 124 valence electrons. The van der Waals surface area contributed by atoms with Gasteiger partial charge in [0.15, 0.2) is 0 Å². The second-order valence-corrected chi connectivity index (χ2v) is 6.46. The fourth-order valence-electron chi connectivity index (χ4n) is 3.89. The van der Waals surface area contributed by atoms with E-state index in [0.717, 1.165) is 25.6 Å². The van der Waals surface area contributed by atoms with Crippen LogP contribution in [0.1, 0.15) is 0 Å². The Morgan fingerprint density at radius 2 is 1.87 bits per heavy atom. The molecular weight excluding hydrogens is 296 g/mol. The number of aromatic nitrogens is 2. The van der Waals surface area contributed by atoms with Gasteiger partial charge in [0.25, 0.3) is 0 Å². The molecule has 3 saturated heterocycles. The van der Waals surface area contributed by atoms with Gasteiger partial charge in [-0.15, -0.1) is 0 Å². The Morgan fingerprint density at radius 1 is 1.09 bits per heavy atom. The molecule has 3 aliphatic rings. The van der Waals surface area contributed by atoms with Crippen molar-refractivity contribution in [1.29, 1.82) is 0 Å². The van der Waals surface area contributed by atoms with Crippen LogP contribution in [0.25, 0.3) is 0 Å². The monoisotopic (exact) mass is 318 g/mol. The number of hydrogen-bond acceptors (Lipinski definition) is 6. The molecule has 7 heteroatoms. The van der Waals surface area contributed by atoms with Gasteiger partial charge in [-0.05, 0) is 12.0 Å². The number of anilines is 1. The lowest BCUT2D eigenvalue weighted by atomic mass is 9.82. The normalized spacial score (nSPS) is 31.0. The van der Waals surface area contributed by atoms with Gasteiger partial charge in [0.2, 0.25) is 11.9 Å². The molecule has 23 heavy (non-hydrogen) atoms.